The van der Waals surface area contributed by atoms with Gasteiger partial charge in [0.2, 0.25) is 0 Å². The molecule has 1 aromatic heterocycles. The van der Waals surface area contributed by atoms with Gasteiger partial charge in [0.25, 0.3) is 0 Å². The molecule has 0 fully saturated rings. The maximum absolute atomic E-state index is 12.9. The maximum atomic E-state index is 12.9. The molecule has 4 nitrogen and oxygen atoms in total. The van der Waals surface area contributed by atoms with E-state index in [9.17, 15) is 13.2 Å². The summed E-state index contributed by atoms with van der Waals surface area (Å²) in [5, 5.41) is 5.85. The molecule has 0 saturated carbocycles. The van der Waals surface area contributed by atoms with Crippen molar-refractivity contribution in [3.8, 4) is 17.0 Å². The molecule has 0 spiro atoms. The molecule has 20 heavy (non-hydrogen) atoms. The predicted octanol–water partition coefficient (Wildman–Crippen LogP) is 2.61. The van der Waals surface area contributed by atoms with E-state index in [2.05, 4.69) is 10.2 Å². The van der Waals surface area contributed by atoms with Crippen molar-refractivity contribution in [3.63, 3.8) is 0 Å². The fourth-order valence-corrected chi connectivity index (χ4v) is 1.98. The van der Waals surface area contributed by atoms with E-state index in [-0.39, 0.29) is 24.2 Å². The summed E-state index contributed by atoms with van der Waals surface area (Å²) >= 11 is 0. The zero-order valence-corrected chi connectivity index (χ0v) is 10.8. The Morgan fingerprint density at radius 3 is 2.40 bits per heavy atom. The fourth-order valence-electron chi connectivity index (χ4n) is 1.98. The van der Waals surface area contributed by atoms with Crippen LogP contribution in [-0.4, -0.2) is 23.9 Å². The van der Waals surface area contributed by atoms with Gasteiger partial charge >= 0.3 is 6.18 Å². The molecule has 0 atom stereocenters. The Morgan fingerprint density at radius 1 is 1.25 bits per heavy atom. The second-order valence-electron chi connectivity index (χ2n) is 4.19. The molecule has 1 heterocycles. The topological polar surface area (TPSA) is 63.9 Å². The smallest absolute Gasteiger partial charge is 0.433 e. The van der Waals surface area contributed by atoms with Gasteiger partial charge in [0.05, 0.1) is 12.8 Å². The predicted molar refractivity (Wildman–Crippen MR) is 68.3 cm³/mol. The third-order valence-electron chi connectivity index (χ3n) is 2.91. The average molecular weight is 285 g/mol. The minimum absolute atomic E-state index is 0.0881. The second kappa shape index (κ2) is 5.54. The minimum Gasteiger partial charge on any atom is -0.497 e. The van der Waals surface area contributed by atoms with Crippen molar-refractivity contribution in [2.45, 2.75) is 12.6 Å². The van der Waals surface area contributed by atoms with Crippen LogP contribution in [0.1, 0.15) is 11.3 Å². The van der Waals surface area contributed by atoms with Crippen molar-refractivity contribution >= 4 is 0 Å². The van der Waals surface area contributed by atoms with E-state index in [1.165, 1.54) is 7.11 Å². The van der Waals surface area contributed by atoms with Crippen molar-refractivity contribution in [1.82, 2.24) is 10.2 Å². The molecule has 7 heteroatoms. The molecule has 3 N–H and O–H groups in total. The number of aromatic amines is 1. The molecule has 0 amide bonds. The number of hydrogen-bond acceptors (Lipinski definition) is 3. The first kappa shape index (κ1) is 14.4. The van der Waals surface area contributed by atoms with Gasteiger partial charge in [-0.05, 0) is 37.2 Å². The molecular formula is C13H14F3N3O. The number of nitrogens with two attached hydrogens (primary N) is 1. The molecule has 0 aliphatic rings. The molecule has 0 radical (unpaired) electrons. The number of alkyl halides is 3. The van der Waals surface area contributed by atoms with Gasteiger partial charge in [0, 0.05) is 11.1 Å². The molecule has 0 saturated heterocycles. The summed E-state index contributed by atoms with van der Waals surface area (Å²) in [6.45, 7) is 0.117. The van der Waals surface area contributed by atoms with Gasteiger partial charge in [-0.25, -0.2) is 0 Å². The van der Waals surface area contributed by atoms with E-state index in [1.54, 1.807) is 24.3 Å². The van der Waals surface area contributed by atoms with Gasteiger partial charge in [0.1, 0.15) is 11.4 Å². The highest BCUT2D eigenvalue weighted by molar-refractivity contribution is 5.65. The molecule has 2 rings (SSSR count). The van der Waals surface area contributed by atoms with Crippen LogP contribution in [0.5, 0.6) is 5.75 Å². The Kier molecular flexibility index (Phi) is 3.99. The van der Waals surface area contributed by atoms with Crippen LogP contribution in [0.4, 0.5) is 13.2 Å². The summed E-state index contributed by atoms with van der Waals surface area (Å²) in [4.78, 5) is 0. The summed E-state index contributed by atoms with van der Waals surface area (Å²) in [5.41, 5.74) is 5.50. The number of rotatable bonds is 4. The Bertz CT molecular complexity index is 576. The number of aromatic nitrogens is 2. The fraction of sp³-hybridized carbons (Fsp3) is 0.308. The van der Waals surface area contributed by atoms with Gasteiger partial charge in [0.15, 0.2) is 0 Å². The number of H-pyrrole nitrogens is 1. The first-order valence-electron chi connectivity index (χ1n) is 5.96. The SMILES string of the molecule is COc1ccc(-c2n[nH]c(C(F)(F)F)c2CCN)cc1. The van der Waals surface area contributed by atoms with Gasteiger partial charge in [-0.15, -0.1) is 0 Å². The number of ether oxygens (including phenoxy) is 1. The highest BCUT2D eigenvalue weighted by Gasteiger charge is 2.37. The lowest BCUT2D eigenvalue weighted by atomic mass is 10.0. The third-order valence-corrected chi connectivity index (χ3v) is 2.91. The Morgan fingerprint density at radius 2 is 1.90 bits per heavy atom. The monoisotopic (exact) mass is 285 g/mol. The average Bonchev–Trinajstić information content (AvgIpc) is 2.83. The van der Waals surface area contributed by atoms with Gasteiger partial charge in [-0.2, -0.15) is 18.3 Å². The summed E-state index contributed by atoms with van der Waals surface area (Å²) in [5.74, 6) is 0.626. The zero-order valence-electron chi connectivity index (χ0n) is 10.8. The minimum atomic E-state index is -4.47. The number of benzene rings is 1. The van der Waals surface area contributed by atoms with E-state index >= 15 is 0 Å². The Hall–Kier alpha value is -2.02. The zero-order chi connectivity index (χ0) is 14.8. The van der Waals surface area contributed by atoms with Gasteiger partial charge in [-0.1, -0.05) is 0 Å². The highest BCUT2D eigenvalue weighted by atomic mass is 19.4. The van der Waals surface area contributed by atoms with Crippen molar-refractivity contribution in [2.75, 3.05) is 13.7 Å². The van der Waals surface area contributed by atoms with Crippen LogP contribution in [0.15, 0.2) is 24.3 Å². The largest absolute Gasteiger partial charge is 0.497 e. The van der Waals surface area contributed by atoms with Crippen LogP contribution in [0, 0.1) is 0 Å². The van der Waals surface area contributed by atoms with Crippen LogP contribution < -0.4 is 10.5 Å². The normalized spacial score (nSPS) is 11.7. The molecule has 0 bridgehead atoms. The van der Waals surface area contributed by atoms with Crippen LogP contribution in [0.3, 0.4) is 0 Å². The van der Waals surface area contributed by atoms with Gasteiger partial charge in [-0.3, -0.25) is 5.10 Å². The first-order valence-corrected chi connectivity index (χ1v) is 5.96. The molecule has 0 unspecified atom stereocenters. The number of halogens is 3. The summed E-state index contributed by atoms with van der Waals surface area (Å²) < 4.78 is 43.7. The van der Waals surface area contributed by atoms with Crippen LogP contribution >= 0.6 is 0 Å². The van der Waals surface area contributed by atoms with E-state index < -0.39 is 11.9 Å². The van der Waals surface area contributed by atoms with Crippen molar-refractivity contribution in [3.05, 3.63) is 35.5 Å². The van der Waals surface area contributed by atoms with E-state index in [0.29, 0.717) is 11.3 Å². The molecular weight excluding hydrogens is 271 g/mol. The molecule has 1 aromatic carbocycles. The lowest BCUT2D eigenvalue weighted by molar-refractivity contribution is -0.141. The van der Waals surface area contributed by atoms with Crippen molar-refractivity contribution < 1.29 is 17.9 Å². The second-order valence-corrected chi connectivity index (χ2v) is 4.19. The molecule has 0 aliphatic carbocycles. The number of nitrogens with one attached hydrogen (secondary N) is 1. The Labute approximate surface area is 113 Å². The van der Waals surface area contributed by atoms with Crippen molar-refractivity contribution in [1.29, 1.82) is 0 Å². The van der Waals surface area contributed by atoms with Crippen LogP contribution in [0.25, 0.3) is 11.3 Å². The molecule has 108 valence electrons. The lowest BCUT2D eigenvalue weighted by Crippen LogP contribution is -2.12. The van der Waals surface area contributed by atoms with Crippen molar-refractivity contribution in [2.24, 2.45) is 5.73 Å². The highest BCUT2D eigenvalue weighted by Crippen LogP contribution is 2.35. The van der Waals surface area contributed by atoms with E-state index in [1.807, 2.05) is 0 Å². The standard InChI is InChI=1S/C13H14F3N3O/c1-20-9-4-2-8(3-5-9)11-10(6-7-17)12(19-18-11)13(14,15)16/h2-5H,6-7,17H2,1H3,(H,18,19). The van der Waals surface area contributed by atoms with Gasteiger partial charge < -0.3 is 10.5 Å². The van der Waals surface area contributed by atoms with Crippen LogP contribution in [-0.2, 0) is 12.6 Å². The van der Waals surface area contributed by atoms with Crippen LogP contribution in [0.2, 0.25) is 0 Å². The molecule has 2 aromatic rings. The van der Waals surface area contributed by atoms with E-state index in [0.717, 1.165) is 0 Å². The number of nitrogens with zero attached hydrogens (tertiary/aromatic N) is 1. The number of methoxy groups -OCH3 is 1. The lowest BCUT2D eigenvalue weighted by Gasteiger charge is -2.08. The quantitative estimate of drug-likeness (QED) is 0.907. The third kappa shape index (κ3) is 2.77. The van der Waals surface area contributed by atoms with E-state index in [4.69, 9.17) is 10.5 Å². The summed E-state index contributed by atoms with van der Waals surface area (Å²) in [6.07, 6.45) is -4.37. The Balaban J connectivity index is 2.47. The summed E-state index contributed by atoms with van der Waals surface area (Å²) in [7, 11) is 1.52. The molecule has 0 aliphatic heterocycles. The summed E-state index contributed by atoms with van der Waals surface area (Å²) in [6, 6.07) is 6.66. The first-order chi connectivity index (χ1) is 9.47. The maximum Gasteiger partial charge on any atom is 0.433 e. The number of hydrogen-bond donors (Lipinski definition) is 2.